The maximum atomic E-state index is 12.3. The lowest BCUT2D eigenvalue weighted by atomic mass is 10.2. The number of nitrogens with one attached hydrogen (secondary N) is 1. The largest absolute Gasteiger partial charge is 0.352 e. The summed E-state index contributed by atoms with van der Waals surface area (Å²) in [6, 6.07) is 9.94. The normalized spacial score (nSPS) is 11.7. The van der Waals surface area contributed by atoms with Gasteiger partial charge in [-0.3, -0.25) is 4.79 Å². The molecule has 0 unspecified atom stereocenters. The van der Waals surface area contributed by atoms with Gasteiger partial charge in [0.15, 0.2) is 0 Å². The molecule has 30 heavy (non-hydrogen) atoms. The molecule has 2 heterocycles. The molecule has 1 amide bonds. The third-order valence-electron chi connectivity index (χ3n) is 4.44. The van der Waals surface area contributed by atoms with Crippen LogP contribution >= 0.6 is 11.3 Å². The fourth-order valence-corrected chi connectivity index (χ4v) is 4.35. The van der Waals surface area contributed by atoms with Crippen molar-refractivity contribution in [2.45, 2.75) is 30.6 Å². The molecule has 1 N–H and O–H groups in total. The lowest BCUT2D eigenvalue weighted by Gasteiger charge is -2.12. The zero-order valence-electron chi connectivity index (χ0n) is 16.9. The number of carbonyl (C=O) groups excluding carboxylic acids is 1. The molecule has 0 atom stereocenters. The quantitative estimate of drug-likeness (QED) is 0.478. The van der Waals surface area contributed by atoms with Gasteiger partial charge in [-0.05, 0) is 42.5 Å². The van der Waals surface area contributed by atoms with Gasteiger partial charge in [-0.2, -0.15) is 4.98 Å². The standard InChI is InChI=1S/C20H24N4O4S2/c1-24(2)30(26,27)16-9-6-8-15(14-16)20(25)21-12-5-3-4-11-18-22-19(23-28-18)17-10-7-13-29-17/h6-10,13-14H,3-5,11-12H2,1-2H3,(H,21,25). The summed E-state index contributed by atoms with van der Waals surface area (Å²) in [6.07, 6.45) is 3.26. The van der Waals surface area contributed by atoms with E-state index in [0.29, 0.717) is 30.2 Å². The van der Waals surface area contributed by atoms with E-state index in [9.17, 15) is 13.2 Å². The predicted octanol–water partition coefficient (Wildman–Crippen LogP) is 3.19. The predicted molar refractivity (Wildman–Crippen MR) is 115 cm³/mol. The summed E-state index contributed by atoms with van der Waals surface area (Å²) in [6.45, 7) is 0.508. The van der Waals surface area contributed by atoms with Crippen LogP contribution < -0.4 is 5.32 Å². The maximum absolute atomic E-state index is 12.3. The summed E-state index contributed by atoms with van der Waals surface area (Å²) < 4.78 is 30.8. The number of rotatable bonds is 10. The van der Waals surface area contributed by atoms with Gasteiger partial charge in [0, 0.05) is 32.6 Å². The van der Waals surface area contributed by atoms with E-state index in [2.05, 4.69) is 15.5 Å². The van der Waals surface area contributed by atoms with E-state index in [0.717, 1.165) is 28.4 Å². The van der Waals surface area contributed by atoms with E-state index in [1.807, 2.05) is 17.5 Å². The molecule has 8 nitrogen and oxygen atoms in total. The molecule has 2 aromatic heterocycles. The van der Waals surface area contributed by atoms with E-state index >= 15 is 0 Å². The highest BCUT2D eigenvalue weighted by atomic mass is 32.2. The third-order valence-corrected chi connectivity index (χ3v) is 7.11. The highest BCUT2D eigenvalue weighted by molar-refractivity contribution is 7.89. The zero-order chi connectivity index (χ0) is 21.6. The molecule has 0 spiro atoms. The first-order chi connectivity index (χ1) is 14.4. The molecule has 3 rings (SSSR count). The lowest BCUT2D eigenvalue weighted by Crippen LogP contribution is -2.26. The van der Waals surface area contributed by atoms with Gasteiger partial charge in [-0.15, -0.1) is 11.3 Å². The second kappa shape index (κ2) is 9.96. The van der Waals surface area contributed by atoms with Crippen LogP contribution in [-0.4, -0.2) is 49.4 Å². The van der Waals surface area contributed by atoms with Crippen LogP contribution in [0.1, 0.15) is 35.5 Å². The Bertz CT molecular complexity index is 1080. The van der Waals surface area contributed by atoms with Crippen molar-refractivity contribution in [3.63, 3.8) is 0 Å². The second-order valence-corrected chi connectivity index (χ2v) is 9.97. The van der Waals surface area contributed by atoms with Crippen LogP contribution in [0.25, 0.3) is 10.7 Å². The first kappa shape index (κ1) is 22.1. The molecular formula is C20H24N4O4S2. The number of aromatic nitrogens is 2. The molecule has 3 aromatic rings. The number of hydrogen-bond acceptors (Lipinski definition) is 7. The first-order valence-corrected chi connectivity index (χ1v) is 11.9. The highest BCUT2D eigenvalue weighted by Crippen LogP contribution is 2.21. The van der Waals surface area contributed by atoms with Crippen LogP contribution in [0.3, 0.4) is 0 Å². The highest BCUT2D eigenvalue weighted by Gasteiger charge is 2.18. The van der Waals surface area contributed by atoms with Crippen LogP contribution in [0, 0.1) is 0 Å². The van der Waals surface area contributed by atoms with Crippen molar-refractivity contribution >= 4 is 27.3 Å². The molecule has 160 valence electrons. The summed E-state index contributed by atoms with van der Waals surface area (Å²) in [7, 11) is -0.655. The number of amides is 1. The van der Waals surface area contributed by atoms with E-state index in [4.69, 9.17) is 4.52 Å². The van der Waals surface area contributed by atoms with Crippen molar-refractivity contribution < 1.29 is 17.7 Å². The van der Waals surface area contributed by atoms with E-state index in [1.54, 1.807) is 23.5 Å². The molecule has 0 aliphatic rings. The topological polar surface area (TPSA) is 105 Å². The number of aryl methyl sites for hydroxylation is 1. The summed E-state index contributed by atoms with van der Waals surface area (Å²) >= 11 is 1.57. The van der Waals surface area contributed by atoms with Crippen molar-refractivity contribution in [3.05, 3.63) is 53.2 Å². The van der Waals surface area contributed by atoms with Crippen molar-refractivity contribution in [2.24, 2.45) is 0 Å². The summed E-state index contributed by atoms with van der Waals surface area (Å²) in [5, 5.41) is 8.79. The molecule has 0 fully saturated rings. The van der Waals surface area contributed by atoms with Crippen LogP contribution in [0.2, 0.25) is 0 Å². The van der Waals surface area contributed by atoms with Crippen LogP contribution in [-0.2, 0) is 16.4 Å². The SMILES string of the molecule is CN(C)S(=O)(=O)c1cccc(C(=O)NCCCCCc2nc(-c3cccs3)no2)c1. The van der Waals surface area contributed by atoms with E-state index in [-0.39, 0.29) is 10.8 Å². The molecule has 0 aliphatic carbocycles. The number of hydrogen-bond donors (Lipinski definition) is 1. The fourth-order valence-electron chi connectivity index (χ4n) is 2.75. The van der Waals surface area contributed by atoms with Crippen LogP contribution in [0.15, 0.2) is 51.2 Å². The number of nitrogens with zero attached hydrogens (tertiary/aromatic N) is 3. The smallest absolute Gasteiger partial charge is 0.251 e. The Morgan fingerprint density at radius 3 is 2.73 bits per heavy atom. The molecule has 0 aliphatic heterocycles. The van der Waals surface area contributed by atoms with Crippen molar-refractivity contribution in [1.82, 2.24) is 19.8 Å². The summed E-state index contributed by atoms with van der Waals surface area (Å²) in [4.78, 5) is 17.8. The Balaban J connectivity index is 1.40. The monoisotopic (exact) mass is 448 g/mol. The minimum absolute atomic E-state index is 0.0987. The number of carbonyl (C=O) groups is 1. The number of benzene rings is 1. The minimum atomic E-state index is -3.57. The van der Waals surface area contributed by atoms with Gasteiger partial charge < -0.3 is 9.84 Å². The van der Waals surface area contributed by atoms with Crippen molar-refractivity contribution in [1.29, 1.82) is 0 Å². The average molecular weight is 449 g/mol. The van der Waals surface area contributed by atoms with Gasteiger partial charge in [-0.25, -0.2) is 12.7 Å². The minimum Gasteiger partial charge on any atom is -0.352 e. The van der Waals surface area contributed by atoms with Crippen molar-refractivity contribution in [2.75, 3.05) is 20.6 Å². The molecular weight excluding hydrogens is 424 g/mol. The summed E-state index contributed by atoms with van der Waals surface area (Å²) in [5.74, 6) is 0.940. The molecule has 0 bridgehead atoms. The van der Waals surface area contributed by atoms with E-state index in [1.165, 1.54) is 26.2 Å². The van der Waals surface area contributed by atoms with E-state index < -0.39 is 10.0 Å². The van der Waals surface area contributed by atoms with Gasteiger partial charge in [0.1, 0.15) is 0 Å². The fraction of sp³-hybridized carbons (Fsp3) is 0.350. The number of sulfonamides is 1. The van der Waals surface area contributed by atoms with Gasteiger partial charge >= 0.3 is 0 Å². The number of thiophene rings is 1. The Hall–Kier alpha value is -2.56. The maximum Gasteiger partial charge on any atom is 0.251 e. The van der Waals surface area contributed by atoms with Gasteiger partial charge in [0.25, 0.3) is 5.91 Å². The Kier molecular flexibility index (Phi) is 7.35. The molecule has 10 heteroatoms. The number of unbranched alkanes of at least 4 members (excludes halogenated alkanes) is 2. The first-order valence-electron chi connectivity index (χ1n) is 9.55. The molecule has 1 aromatic carbocycles. The second-order valence-electron chi connectivity index (χ2n) is 6.87. The summed E-state index contributed by atoms with van der Waals surface area (Å²) in [5.41, 5.74) is 0.324. The Labute approximate surface area is 180 Å². The van der Waals surface area contributed by atoms with Crippen molar-refractivity contribution in [3.8, 4) is 10.7 Å². The Morgan fingerprint density at radius 2 is 2.00 bits per heavy atom. The van der Waals surface area contributed by atoms with Gasteiger partial charge in [0.05, 0.1) is 9.77 Å². The van der Waals surface area contributed by atoms with Crippen LogP contribution in [0.4, 0.5) is 0 Å². The molecule has 0 saturated heterocycles. The third kappa shape index (κ3) is 5.53. The van der Waals surface area contributed by atoms with Crippen LogP contribution in [0.5, 0.6) is 0 Å². The lowest BCUT2D eigenvalue weighted by molar-refractivity contribution is 0.0952. The molecule has 0 radical (unpaired) electrons. The average Bonchev–Trinajstić information content (AvgIpc) is 3.42. The Morgan fingerprint density at radius 1 is 1.17 bits per heavy atom. The molecule has 0 saturated carbocycles. The zero-order valence-corrected chi connectivity index (χ0v) is 18.5. The van der Waals surface area contributed by atoms with Gasteiger partial charge in [0.2, 0.25) is 21.7 Å². The van der Waals surface area contributed by atoms with Gasteiger partial charge in [-0.1, -0.05) is 23.7 Å².